The second kappa shape index (κ2) is 3.05. The highest BCUT2D eigenvalue weighted by atomic mass is 35.5. The minimum absolute atomic E-state index is 0.229. The quantitative estimate of drug-likeness (QED) is 0.742. The van der Waals surface area contributed by atoms with Gasteiger partial charge in [0.25, 0.3) is 0 Å². The van der Waals surface area contributed by atoms with Crippen LogP contribution in [0.1, 0.15) is 0 Å². The minimum Gasteiger partial charge on any atom is -0.452 e. The van der Waals surface area contributed by atoms with Crippen LogP contribution in [0.15, 0.2) is 16.7 Å². The molecular weight excluding hydrogens is 219 g/mol. The van der Waals surface area contributed by atoms with Crippen molar-refractivity contribution in [2.24, 2.45) is 0 Å². The fourth-order valence-electron chi connectivity index (χ4n) is 0.761. The summed E-state index contributed by atoms with van der Waals surface area (Å²) in [5.74, 6) is 0. The average molecular weight is 221 g/mol. The summed E-state index contributed by atoms with van der Waals surface area (Å²) in [5.41, 5.74) is 0.723. The fourth-order valence-corrected chi connectivity index (χ4v) is 1.85. The molecule has 0 spiro atoms. The van der Waals surface area contributed by atoms with Crippen molar-refractivity contribution in [3.05, 3.63) is 22.8 Å². The summed E-state index contributed by atoms with van der Waals surface area (Å²) < 4.78 is 8.70. The molecule has 2 aromatic heterocycles. The molecule has 0 aliphatic carbocycles. The Morgan fingerprint density at radius 3 is 2.75 bits per heavy atom. The average Bonchev–Trinajstić information content (AvgIpc) is 2.58. The number of hydrogen-bond donors (Lipinski definition) is 0. The monoisotopic (exact) mass is 220 g/mol. The second-order valence-corrected chi connectivity index (χ2v) is 3.41. The molecule has 0 saturated heterocycles. The van der Waals surface area contributed by atoms with Gasteiger partial charge < -0.3 is 4.42 Å². The second-order valence-electron chi connectivity index (χ2n) is 1.98. The number of rotatable bonds is 1. The van der Waals surface area contributed by atoms with E-state index in [2.05, 4.69) is 9.36 Å². The van der Waals surface area contributed by atoms with Crippen LogP contribution in [0.5, 0.6) is 0 Å². The highest BCUT2D eigenvalue weighted by Crippen LogP contribution is 2.30. The van der Waals surface area contributed by atoms with Gasteiger partial charge in [0.1, 0.15) is 5.01 Å². The topological polar surface area (TPSA) is 38.9 Å². The van der Waals surface area contributed by atoms with Gasteiger partial charge in [0, 0.05) is 0 Å². The Bertz CT molecular complexity index is 398. The zero-order chi connectivity index (χ0) is 8.55. The van der Waals surface area contributed by atoms with Crippen molar-refractivity contribution >= 4 is 34.7 Å². The molecular formula is C6H2Cl2N2OS. The maximum atomic E-state index is 5.71. The van der Waals surface area contributed by atoms with Gasteiger partial charge in [-0.2, -0.15) is 4.37 Å². The Hall–Kier alpha value is -0.580. The summed E-state index contributed by atoms with van der Waals surface area (Å²) >= 11 is 12.4. The molecule has 0 bridgehead atoms. The summed E-state index contributed by atoms with van der Waals surface area (Å²) in [6, 6.07) is 1.72. The van der Waals surface area contributed by atoms with Crippen LogP contribution in [0.4, 0.5) is 0 Å². The third kappa shape index (κ3) is 1.33. The number of halogens is 2. The first-order valence-electron chi connectivity index (χ1n) is 3.00. The van der Waals surface area contributed by atoms with E-state index in [0.29, 0.717) is 10.2 Å². The molecule has 0 radical (unpaired) electrons. The molecule has 0 aromatic carbocycles. The Morgan fingerprint density at radius 2 is 2.25 bits per heavy atom. The van der Waals surface area contributed by atoms with Crippen molar-refractivity contribution in [1.29, 1.82) is 0 Å². The first-order chi connectivity index (χ1) is 5.77. The Morgan fingerprint density at radius 1 is 1.42 bits per heavy atom. The SMILES string of the molecule is Clc1nsc(-c2ccoc2Cl)n1. The standard InChI is InChI=1S/C6H2Cl2N2OS/c7-4-3(1-2-11-4)5-9-6(8)10-12-5/h1-2H. The zero-order valence-electron chi connectivity index (χ0n) is 5.62. The summed E-state index contributed by atoms with van der Waals surface area (Å²) in [4.78, 5) is 3.94. The number of hydrogen-bond acceptors (Lipinski definition) is 4. The van der Waals surface area contributed by atoms with E-state index in [0.717, 1.165) is 5.56 Å². The Balaban J connectivity index is 2.50. The number of aromatic nitrogens is 2. The maximum Gasteiger partial charge on any atom is 0.234 e. The van der Waals surface area contributed by atoms with Crippen LogP contribution in [0.2, 0.25) is 10.5 Å². The van der Waals surface area contributed by atoms with Crippen LogP contribution in [0.25, 0.3) is 10.6 Å². The van der Waals surface area contributed by atoms with Gasteiger partial charge in [-0.05, 0) is 40.8 Å². The van der Waals surface area contributed by atoms with Gasteiger partial charge in [-0.15, -0.1) is 0 Å². The van der Waals surface area contributed by atoms with E-state index < -0.39 is 0 Å². The van der Waals surface area contributed by atoms with Crippen LogP contribution in [0.3, 0.4) is 0 Å². The van der Waals surface area contributed by atoms with Crippen LogP contribution in [-0.2, 0) is 0 Å². The van der Waals surface area contributed by atoms with Crippen LogP contribution < -0.4 is 0 Å². The first-order valence-corrected chi connectivity index (χ1v) is 4.53. The number of nitrogens with zero attached hydrogens (tertiary/aromatic N) is 2. The van der Waals surface area contributed by atoms with E-state index in [1.165, 1.54) is 17.8 Å². The molecule has 3 nitrogen and oxygen atoms in total. The van der Waals surface area contributed by atoms with Gasteiger partial charge in [0.05, 0.1) is 11.8 Å². The van der Waals surface area contributed by atoms with Gasteiger partial charge in [-0.3, -0.25) is 0 Å². The van der Waals surface area contributed by atoms with Crippen molar-refractivity contribution in [3.8, 4) is 10.6 Å². The van der Waals surface area contributed by atoms with Crippen LogP contribution in [-0.4, -0.2) is 9.36 Å². The molecule has 0 saturated carbocycles. The molecule has 12 heavy (non-hydrogen) atoms. The van der Waals surface area contributed by atoms with Gasteiger partial charge in [-0.1, -0.05) is 0 Å². The largest absolute Gasteiger partial charge is 0.452 e. The van der Waals surface area contributed by atoms with E-state index >= 15 is 0 Å². The third-order valence-electron chi connectivity index (χ3n) is 1.25. The Labute approximate surface area is 82.1 Å². The molecule has 0 atom stereocenters. The lowest BCUT2D eigenvalue weighted by Gasteiger charge is -1.85. The van der Waals surface area contributed by atoms with Gasteiger partial charge in [0.15, 0.2) is 0 Å². The molecule has 0 N–H and O–H groups in total. The van der Waals surface area contributed by atoms with E-state index in [4.69, 9.17) is 27.6 Å². The van der Waals surface area contributed by atoms with E-state index in [1.54, 1.807) is 6.07 Å². The molecule has 0 aliphatic heterocycles. The molecule has 2 heterocycles. The lowest BCUT2D eigenvalue weighted by Crippen LogP contribution is -1.70. The molecule has 2 rings (SSSR count). The van der Waals surface area contributed by atoms with Gasteiger partial charge in [-0.25, -0.2) is 4.98 Å². The lowest BCUT2D eigenvalue weighted by molar-refractivity contribution is 0.570. The fraction of sp³-hybridized carbons (Fsp3) is 0. The molecule has 2 aromatic rings. The summed E-state index contributed by atoms with van der Waals surface area (Å²) in [5, 5.41) is 1.20. The van der Waals surface area contributed by atoms with Gasteiger partial charge in [0.2, 0.25) is 10.5 Å². The van der Waals surface area contributed by atoms with Crippen molar-refractivity contribution in [2.45, 2.75) is 0 Å². The minimum atomic E-state index is 0.229. The summed E-state index contributed by atoms with van der Waals surface area (Å²) in [6.07, 6.45) is 1.49. The van der Waals surface area contributed by atoms with E-state index in [1.807, 2.05) is 0 Å². The van der Waals surface area contributed by atoms with Crippen LogP contribution in [0, 0.1) is 0 Å². The van der Waals surface area contributed by atoms with Crippen LogP contribution >= 0.6 is 34.7 Å². The predicted molar refractivity (Wildman–Crippen MR) is 47.6 cm³/mol. The van der Waals surface area contributed by atoms with Crippen molar-refractivity contribution in [2.75, 3.05) is 0 Å². The summed E-state index contributed by atoms with van der Waals surface area (Å²) in [6.45, 7) is 0. The third-order valence-corrected chi connectivity index (χ3v) is 2.56. The molecule has 6 heteroatoms. The molecule has 0 aliphatic rings. The van der Waals surface area contributed by atoms with E-state index in [9.17, 15) is 0 Å². The first kappa shape index (κ1) is 8.04. The van der Waals surface area contributed by atoms with E-state index in [-0.39, 0.29) is 5.28 Å². The summed E-state index contributed by atoms with van der Waals surface area (Å²) in [7, 11) is 0. The van der Waals surface area contributed by atoms with Crippen molar-refractivity contribution in [3.63, 3.8) is 0 Å². The Kier molecular flexibility index (Phi) is 2.04. The van der Waals surface area contributed by atoms with Gasteiger partial charge >= 0.3 is 0 Å². The molecule has 0 unspecified atom stereocenters. The predicted octanol–water partition coefficient (Wildman–Crippen LogP) is 3.10. The van der Waals surface area contributed by atoms with Crippen molar-refractivity contribution < 1.29 is 4.42 Å². The highest BCUT2D eigenvalue weighted by Gasteiger charge is 2.10. The molecule has 0 fully saturated rings. The molecule has 0 amide bonds. The highest BCUT2D eigenvalue weighted by molar-refractivity contribution is 7.09. The normalized spacial score (nSPS) is 10.5. The molecule has 62 valence electrons. The lowest BCUT2D eigenvalue weighted by atomic mass is 10.4. The smallest absolute Gasteiger partial charge is 0.234 e. The number of furan rings is 1. The van der Waals surface area contributed by atoms with Crippen molar-refractivity contribution in [1.82, 2.24) is 9.36 Å². The maximum absolute atomic E-state index is 5.71. The zero-order valence-corrected chi connectivity index (χ0v) is 7.95.